The number of aryl methyl sites for hydroxylation is 1. The van der Waals surface area contributed by atoms with Crippen LogP contribution in [0.15, 0.2) is 72.8 Å². The summed E-state index contributed by atoms with van der Waals surface area (Å²) >= 11 is 0. The van der Waals surface area contributed by atoms with Gasteiger partial charge in [-0.3, -0.25) is 4.79 Å². The van der Waals surface area contributed by atoms with Crippen molar-refractivity contribution < 1.29 is 9.18 Å². The zero-order valence-corrected chi connectivity index (χ0v) is 21.0. The van der Waals surface area contributed by atoms with E-state index in [1.807, 2.05) is 55.5 Å². The van der Waals surface area contributed by atoms with Gasteiger partial charge in [-0.2, -0.15) is 5.10 Å². The molecule has 190 valence electrons. The Labute approximate surface area is 216 Å². The molecule has 1 saturated carbocycles. The summed E-state index contributed by atoms with van der Waals surface area (Å²) in [6.07, 6.45) is 2.39. The third kappa shape index (κ3) is 5.79. The first-order valence-electron chi connectivity index (χ1n) is 12.7. The highest BCUT2D eigenvalue weighted by Crippen LogP contribution is 2.31. The highest BCUT2D eigenvalue weighted by molar-refractivity contribution is 5.96. The summed E-state index contributed by atoms with van der Waals surface area (Å²) in [6.45, 7) is 3.12. The molecule has 5 rings (SSSR count). The van der Waals surface area contributed by atoms with Gasteiger partial charge in [-0.25, -0.2) is 9.07 Å². The molecule has 4 aromatic rings. The number of nitrogens with zero attached hydrogens (tertiary/aromatic N) is 2. The van der Waals surface area contributed by atoms with Gasteiger partial charge in [-0.15, -0.1) is 0 Å². The molecule has 0 radical (unpaired) electrons. The minimum absolute atomic E-state index is 0.0710. The summed E-state index contributed by atoms with van der Waals surface area (Å²) < 4.78 is 16.6. The van der Waals surface area contributed by atoms with Crippen LogP contribution in [0.3, 0.4) is 0 Å². The van der Waals surface area contributed by atoms with Crippen molar-refractivity contribution in [1.29, 1.82) is 0 Å². The highest BCUT2D eigenvalue weighted by atomic mass is 19.1. The van der Waals surface area contributed by atoms with Gasteiger partial charge in [0, 0.05) is 18.7 Å². The number of halogens is 1. The van der Waals surface area contributed by atoms with Crippen molar-refractivity contribution in [3.05, 3.63) is 112 Å². The number of nitrogens with two attached hydrogens (primary N) is 2. The first-order valence-corrected chi connectivity index (χ1v) is 12.7. The molecule has 1 unspecified atom stereocenters. The molecule has 1 atom stereocenters. The number of anilines is 1. The summed E-state index contributed by atoms with van der Waals surface area (Å²) in [7, 11) is 0. The van der Waals surface area contributed by atoms with Crippen molar-refractivity contribution in [2.45, 2.75) is 38.8 Å². The van der Waals surface area contributed by atoms with E-state index < -0.39 is 5.82 Å². The topological polar surface area (TPSA) is 99.0 Å². The van der Waals surface area contributed by atoms with Gasteiger partial charge in [0.05, 0.1) is 17.4 Å². The summed E-state index contributed by atoms with van der Waals surface area (Å²) in [4.78, 5) is 13.5. The molecular formula is C30H32FN5O. The van der Waals surface area contributed by atoms with Crippen molar-refractivity contribution in [3.63, 3.8) is 0 Å². The average Bonchev–Trinajstić information content (AvgIpc) is 3.65. The Hall–Kier alpha value is -3.81. The number of carbonyl (C=O) groups excluding carboxylic acids is 1. The molecule has 1 aromatic heterocycles. The Balaban J connectivity index is 1.44. The lowest BCUT2D eigenvalue weighted by Gasteiger charge is -2.21. The van der Waals surface area contributed by atoms with Crippen molar-refractivity contribution >= 4 is 11.5 Å². The Kier molecular flexibility index (Phi) is 7.17. The van der Waals surface area contributed by atoms with Gasteiger partial charge >= 0.3 is 0 Å². The van der Waals surface area contributed by atoms with E-state index in [2.05, 4.69) is 10.4 Å². The summed E-state index contributed by atoms with van der Waals surface area (Å²) in [5.41, 5.74) is 17.5. The minimum atomic E-state index is -0.400. The quantitative estimate of drug-likeness (QED) is 0.214. The molecule has 0 aliphatic heterocycles. The number of hydrogen-bond donors (Lipinski definition) is 3. The molecule has 5 N–H and O–H groups in total. The Morgan fingerprint density at radius 1 is 1.08 bits per heavy atom. The lowest BCUT2D eigenvalue weighted by Crippen LogP contribution is -2.25. The third-order valence-electron chi connectivity index (χ3n) is 6.84. The maximum absolute atomic E-state index is 15.0. The largest absolute Gasteiger partial charge is 0.399 e. The number of ketones is 1. The van der Waals surface area contributed by atoms with E-state index in [9.17, 15) is 9.18 Å². The molecule has 1 heterocycles. The molecule has 37 heavy (non-hydrogen) atoms. The second kappa shape index (κ2) is 10.7. The molecule has 1 fully saturated rings. The van der Waals surface area contributed by atoms with E-state index in [-0.39, 0.29) is 18.2 Å². The van der Waals surface area contributed by atoms with Crippen LogP contribution in [-0.2, 0) is 13.0 Å². The third-order valence-corrected chi connectivity index (χ3v) is 6.84. The summed E-state index contributed by atoms with van der Waals surface area (Å²) in [5.74, 6) is 0.0760. The monoisotopic (exact) mass is 497 g/mol. The lowest BCUT2D eigenvalue weighted by molar-refractivity contribution is 0.0984. The second-order valence-corrected chi connectivity index (χ2v) is 9.86. The van der Waals surface area contributed by atoms with Gasteiger partial charge in [0.25, 0.3) is 0 Å². The van der Waals surface area contributed by atoms with Crippen LogP contribution in [0.4, 0.5) is 10.1 Å². The maximum Gasteiger partial charge on any atom is 0.185 e. The van der Waals surface area contributed by atoms with Gasteiger partial charge in [0.15, 0.2) is 5.78 Å². The van der Waals surface area contributed by atoms with Crippen molar-refractivity contribution in [1.82, 2.24) is 15.1 Å². The number of hydrogen-bond acceptors (Lipinski definition) is 5. The van der Waals surface area contributed by atoms with Crippen LogP contribution in [0, 0.1) is 18.7 Å². The fourth-order valence-electron chi connectivity index (χ4n) is 4.61. The first kappa shape index (κ1) is 24.9. The molecular weight excluding hydrogens is 465 g/mol. The minimum Gasteiger partial charge on any atom is -0.399 e. The number of Topliss-reactive ketones (excluding diaryl/α,β-unsaturated/α-hetero) is 1. The van der Waals surface area contributed by atoms with Crippen LogP contribution >= 0.6 is 0 Å². The zero-order valence-electron chi connectivity index (χ0n) is 21.0. The van der Waals surface area contributed by atoms with Crippen LogP contribution in [0.5, 0.6) is 0 Å². The summed E-state index contributed by atoms with van der Waals surface area (Å²) in [6, 6.07) is 22.0. The molecule has 0 amide bonds. The van der Waals surface area contributed by atoms with Gasteiger partial charge < -0.3 is 16.8 Å². The Morgan fingerprint density at radius 2 is 1.84 bits per heavy atom. The normalized spacial score (nSPS) is 14.0. The van der Waals surface area contributed by atoms with E-state index >= 15 is 0 Å². The molecule has 3 aromatic carbocycles. The van der Waals surface area contributed by atoms with Crippen molar-refractivity contribution in [2.24, 2.45) is 11.7 Å². The lowest BCUT2D eigenvalue weighted by atomic mass is 9.94. The van der Waals surface area contributed by atoms with E-state index in [4.69, 9.17) is 11.5 Å². The molecule has 0 saturated heterocycles. The molecule has 7 heteroatoms. The molecule has 0 spiro atoms. The van der Waals surface area contributed by atoms with Crippen LogP contribution in [0.25, 0.3) is 5.69 Å². The van der Waals surface area contributed by atoms with Gasteiger partial charge in [0.2, 0.25) is 0 Å². The fourth-order valence-corrected chi connectivity index (χ4v) is 4.61. The molecule has 6 nitrogen and oxygen atoms in total. The standard InChI is InChI=1S/C30H32FN5O/c1-19-13-28(36(35-19)26-4-2-3-21(14-26)17-32)29(37)16-24-15-23(9-12-27(24)31)30(34-18-20-5-6-20)22-7-10-25(33)11-8-22/h2-4,7-15,20,30,34H,5-6,16-18,32-33H2,1H3. The predicted octanol–water partition coefficient (Wildman–Crippen LogP) is 4.88. The van der Waals surface area contributed by atoms with Crippen molar-refractivity contribution in [2.75, 3.05) is 12.3 Å². The van der Waals surface area contributed by atoms with E-state index in [1.54, 1.807) is 22.9 Å². The number of carbonyl (C=O) groups is 1. The van der Waals surface area contributed by atoms with Crippen LogP contribution in [0.2, 0.25) is 0 Å². The Bertz CT molecular complexity index is 1410. The average molecular weight is 498 g/mol. The maximum atomic E-state index is 15.0. The van der Waals surface area contributed by atoms with E-state index in [0.717, 1.165) is 28.9 Å². The number of aromatic nitrogens is 2. The Morgan fingerprint density at radius 3 is 2.57 bits per heavy atom. The zero-order chi connectivity index (χ0) is 25.9. The van der Waals surface area contributed by atoms with E-state index in [0.29, 0.717) is 35.1 Å². The summed E-state index contributed by atoms with van der Waals surface area (Å²) in [5, 5.41) is 8.16. The van der Waals surface area contributed by atoms with Crippen LogP contribution in [0.1, 0.15) is 57.3 Å². The highest BCUT2D eigenvalue weighted by Gasteiger charge is 2.24. The SMILES string of the molecule is Cc1cc(C(=O)Cc2cc(C(NCC3CC3)c3ccc(N)cc3)ccc2F)n(-c2cccc(CN)c2)n1. The number of nitrogen functional groups attached to an aromatic ring is 1. The van der Waals surface area contributed by atoms with Crippen LogP contribution < -0.4 is 16.8 Å². The number of nitrogens with one attached hydrogen (secondary N) is 1. The van der Waals surface area contributed by atoms with E-state index in [1.165, 1.54) is 18.9 Å². The van der Waals surface area contributed by atoms with Gasteiger partial charge in [-0.1, -0.05) is 36.4 Å². The number of rotatable bonds is 10. The van der Waals surface area contributed by atoms with Gasteiger partial charge in [-0.05, 0) is 90.9 Å². The molecule has 0 bridgehead atoms. The predicted molar refractivity (Wildman–Crippen MR) is 144 cm³/mol. The van der Waals surface area contributed by atoms with Gasteiger partial charge in [0.1, 0.15) is 11.5 Å². The molecule has 1 aliphatic carbocycles. The molecule has 1 aliphatic rings. The fraction of sp³-hybridized carbons (Fsp3) is 0.267. The second-order valence-electron chi connectivity index (χ2n) is 9.86. The van der Waals surface area contributed by atoms with Crippen molar-refractivity contribution in [3.8, 4) is 5.69 Å². The first-order chi connectivity index (χ1) is 17.9. The smallest absolute Gasteiger partial charge is 0.185 e. The van der Waals surface area contributed by atoms with Crippen LogP contribution in [-0.4, -0.2) is 22.1 Å². The number of benzene rings is 3.